The summed E-state index contributed by atoms with van der Waals surface area (Å²) in [5, 5.41) is 7.77. The van der Waals surface area contributed by atoms with Crippen LogP contribution in [0.3, 0.4) is 0 Å². The number of hydrogen-bond donors (Lipinski definition) is 1. The second kappa shape index (κ2) is 9.12. The van der Waals surface area contributed by atoms with E-state index in [2.05, 4.69) is 90.2 Å². The van der Waals surface area contributed by atoms with Gasteiger partial charge >= 0.3 is 0 Å². The quantitative estimate of drug-likeness (QED) is 0.500. The SMILES string of the molecule is [O-][Cl+3]([O-])([O-])[O-].c1ccc2c(C[NH2+]Cc3cccc4ccccc34)cccc2c1. The molecule has 144 valence electrons. The summed E-state index contributed by atoms with van der Waals surface area (Å²) in [4.78, 5) is 0. The van der Waals surface area contributed by atoms with E-state index in [4.69, 9.17) is 18.6 Å². The summed E-state index contributed by atoms with van der Waals surface area (Å²) in [6, 6.07) is 30.4. The fraction of sp³-hybridized carbons (Fsp3) is 0.0909. The molecule has 0 aliphatic carbocycles. The van der Waals surface area contributed by atoms with E-state index < -0.39 is 10.2 Å². The van der Waals surface area contributed by atoms with Crippen LogP contribution in [-0.2, 0) is 13.1 Å². The number of nitrogens with two attached hydrogens (primary N) is 1. The molecule has 6 heteroatoms. The van der Waals surface area contributed by atoms with Crippen LogP contribution in [0.15, 0.2) is 84.9 Å². The first-order chi connectivity index (χ1) is 13.4. The van der Waals surface area contributed by atoms with Crippen molar-refractivity contribution in [3.63, 3.8) is 0 Å². The van der Waals surface area contributed by atoms with Gasteiger partial charge in [0.2, 0.25) is 0 Å². The van der Waals surface area contributed by atoms with Gasteiger partial charge in [-0.1, -0.05) is 84.9 Å². The molecule has 0 spiro atoms. The van der Waals surface area contributed by atoms with Gasteiger partial charge in [0.05, 0.1) is 0 Å². The first-order valence-corrected chi connectivity index (χ1v) is 10.0. The maximum Gasteiger partial charge on any atom is 0.102 e. The van der Waals surface area contributed by atoms with Crippen LogP contribution in [0.5, 0.6) is 0 Å². The molecule has 0 heterocycles. The second-order valence-electron chi connectivity index (χ2n) is 6.35. The molecule has 0 bridgehead atoms. The molecule has 0 aliphatic heterocycles. The van der Waals surface area contributed by atoms with Crippen LogP contribution in [-0.4, -0.2) is 0 Å². The van der Waals surface area contributed by atoms with E-state index >= 15 is 0 Å². The lowest BCUT2D eigenvalue weighted by Crippen LogP contribution is -2.80. The van der Waals surface area contributed by atoms with Crippen molar-refractivity contribution in [1.29, 1.82) is 0 Å². The molecule has 0 saturated carbocycles. The minimum Gasteiger partial charge on any atom is -0.339 e. The van der Waals surface area contributed by atoms with E-state index in [0.717, 1.165) is 13.1 Å². The van der Waals surface area contributed by atoms with Crippen LogP contribution in [0.2, 0.25) is 0 Å². The zero-order valence-electron chi connectivity index (χ0n) is 15.1. The molecule has 0 unspecified atom stereocenters. The van der Waals surface area contributed by atoms with Gasteiger partial charge in [0.1, 0.15) is 13.1 Å². The summed E-state index contributed by atoms with van der Waals surface area (Å²) in [6.45, 7) is 2.01. The number of benzene rings is 4. The zero-order valence-corrected chi connectivity index (χ0v) is 15.8. The lowest BCUT2D eigenvalue weighted by molar-refractivity contribution is -2.00. The van der Waals surface area contributed by atoms with E-state index in [1.807, 2.05) is 0 Å². The number of quaternary nitrogens is 1. The van der Waals surface area contributed by atoms with Crippen molar-refractivity contribution < 1.29 is 34.2 Å². The lowest BCUT2D eigenvalue weighted by atomic mass is 10.0. The van der Waals surface area contributed by atoms with Crippen LogP contribution in [0, 0.1) is 10.2 Å². The summed E-state index contributed by atoms with van der Waals surface area (Å²) < 4.78 is 34.0. The highest BCUT2D eigenvalue weighted by molar-refractivity contribution is 5.86. The highest BCUT2D eigenvalue weighted by Gasteiger charge is 2.04. The maximum atomic E-state index is 8.49. The standard InChI is InChI=1S/C22H19N.ClHO4/c1-3-13-21-17(7-1)9-5-11-19(21)15-23-16-20-12-6-10-18-8-2-4-14-22(18)20;2-1(3,4)5/h1-14,23H,15-16H2;(H,2,3,4,5). The molecule has 0 saturated heterocycles. The Morgan fingerprint density at radius 2 is 0.893 bits per heavy atom. The molecule has 4 rings (SSSR count). The lowest BCUT2D eigenvalue weighted by Gasteiger charge is -2.17. The van der Waals surface area contributed by atoms with Gasteiger partial charge in [-0.3, -0.25) is 0 Å². The van der Waals surface area contributed by atoms with Crippen LogP contribution in [0.4, 0.5) is 0 Å². The van der Waals surface area contributed by atoms with E-state index in [-0.39, 0.29) is 0 Å². The van der Waals surface area contributed by atoms with Crippen molar-refractivity contribution in [2.45, 2.75) is 13.1 Å². The predicted molar refractivity (Wildman–Crippen MR) is 97.2 cm³/mol. The van der Waals surface area contributed by atoms with Gasteiger partial charge in [-0.25, -0.2) is 18.6 Å². The third-order valence-corrected chi connectivity index (χ3v) is 4.49. The highest BCUT2D eigenvalue weighted by Crippen LogP contribution is 2.19. The van der Waals surface area contributed by atoms with Crippen LogP contribution in [0.25, 0.3) is 21.5 Å². The molecule has 0 aromatic heterocycles. The molecule has 0 fully saturated rings. The van der Waals surface area contributed by atoms with Gasteiger partial charge in [-0.15, -0.1) is 10.2 Å². The number of halogens is 1. The fourth-order valence-corrected chi connectivity index (χ4v) is 3.32. The van der Waals surface area contributed by atoms with Crippen molar-refractivity contribution in [1.82, 2.24) is 0 Å². The topological polar surface area (TPSA) is 109 Å². The smallest absolute Gasteiger partial charge is 0.102 e. The molecule has 0 atom stereocenters. The van der Waals surface area contributed by atoms with Crippen LogP contribution >= 0.6 is 0 Å². The van der Waals surface area contributed by atoms with Crippen molar-refractivity contribution in [3.8, 4) is 0 Å². The van der Waals surface area contributed by atoms with Crippen molar-refractivity contribution in [2.24, 2.45) is 0 Å². The summed E-state index contributed by atoms with van der Waals surface area (Å²) >= 11 is 0. The van der Waals surface area contributed by atoms with Crippen molar-refractivity contribution in [3.05, 3.63) is 96.1 Å². The third kappa shape index (κ3) is 5.74. The Kier molecular flexibility index (Phi) is 6.59. The summed E-state index contributed by atoms with van der Waals surface area (Å²) in [5.41, 5.74) is 2.81. The van der Waals surface area contributed by atoms with Crippen molar-refractivity contribution >= 4 is 21.5 Å². The average molecular weight is 398 g/mol. The molecule has 0 amide bonds. The van der Waals surface area contributed by atoms with Gasteiger partial charge in [0.25, 0.3) is 0 Å². The van der Waals surface area contributed by atoms with Gasteiger partial charge in [-0.2, -0.15) is 0 Å². The van der Waals surface area contributed by atoms with Crippen molar-refractivity contribution in [2.75, 3.05) is 0 Å². The molecular weight excluding hydrogens is 378 g/mol. The number of fused-ring (bicyclic) bond motifs is 2. The Bertz CT molecular complexity index is 967. The Balaban J connectivity index is 0.000000403. The van der Waals surface area contributed by atoms with E-state index in [1.165, 1.54) is 32.7 Å². The second-order valence-corrected chi connectivity index (χ2v) is 7.11. The maximum absolute atomic E-state index is 8.49. The molecular formula is C22H20ClNO4. The van der Waals surface area contributed by atoms with E-state index in [9.17, 15) is 0 Å². The first-order valence-electron chi connectivity index (χ1n) is 8.78. The summed E-state index contributed by atoms with van der Waals surface area (Å²) in [6.07, 6.45) is 0. The predicted octanol–water partition coefficient (Wildman–Crippen LogP) is -0.499. The minimum atomic E-state index is -4.94. The highest BCUT2D eigenvalue weighted by atomic mass is 35.7. The van der Waals surface area contributed by atoms with Gasteiger partial charge < -0.3 is 5.32 Å². The normalized spacial score (nSPS) is 11.3. The Morgan fingerprint density at radius 1 is 0.536 bits per heavy atom. The molecule has 2 N–H and O–H groups in total. The van der Waals surface area contributed by atoms with E-state index in [0.29, 0.717) is 0 Å². The zero-order chi connectivity index (χ0) is 20.0. The van der Waals surface area contributed by atoms with E-state index in [1.54, 1.807) is 0 Å². The molecule has 28 heavy (non-hydrogen) atoms. The van der Waals surface area contributed by atoms with Crippen LogP contribution in [0.1, 0.15) is 11.1 Å². The monoisotopic (exact) mass is 397 g/mol. The first kappa shape index (κ1) is 20.2. The average Bonchev–Trinajstić information content (AvgIpc) is 2.67. The largest absolute Gasteiger partial charge is 0.339 e. The Hall–Kier alpha value is -2.51. The third-order valence-electron chi connectivity index (χ3n) is 4.49. The number of rotatable bonds is 4. The minimum absolute atomic E-state index is 1.00. The fourth-order valence-electron chi connectivity index (χ4n) is 3.32. The number of hydrogen-bond acceptors (Lipinski definition) is 4. The Labute approximate surface area is 165 Å². The molecule has 4 aromatic rings. The molecule has 4 aromatic carbocycles. The summed E-state index contributed by atoms with van der Waals surface area (Å²) in [7, 11) is -4.94. The van der Waals surface area contributed by atoms with Gasteiger partial charge in [-0.05, 0) is 21.5 Å². The van der Waals surface area contributed by atoms with Gasteiger partial charge in [0, 0.05) is 11.1 Å². The molecule has 5 nitrogen and oxygen atoms in total. The van der Waals surface area contributed by atoms with Gasteiger partial charge in [0.15, 0.2) is 0 Å². The summed E-state index contributed by atoms with van der Waals surface area (Å²) in [5.74, 6) is 0. The molecule has 0 aliphatic rings. The Morgan fingerprint density at radius 3 is 1.32 bits per heavy atom. The molecule has 0 radical (unpaired) electrons. The van der Waals surface area contributed by atoms with Crippen LogP contribution < -0.4 is 24.0 Å².